The van der Waals surface area contributed by atoms with Crippen molar-refractivity contribution in [3.05, 3.63) is 416 Å². The Kier molecular flexibility index (Phi) is 31.2. The fourth-order valence-electron chi connectivity index (χ4n) is 18.1. The second-order valence-corrected chi connectivity index (χ2v) is 34.7. The van der Waals surface area contributed by atoms with Crippen LogP contribution in [0.15, 0.2) is 361 Å². The molecule has 0 fully saturated rings. The number of para-hydroxylation sites is 4. The van der Waals surface area contributed by atoms with Crippen molar-refractivity contribution in [1.82, 2.24) is 0 Å². The molecule has 0 aliphatic heterocycles. The average molecular weight is 1730 g/mol. The summed E-state index contributed by atoms with van der Waals surface area (Å²) in [7, 11) is 0. The third-order valence-electron chi connectivity index (χ3n) is 24.4. The van der Waals surface area contributed by atoms with E-state index in [1.807, 2.05) is 24.3 Å². The first-order valence-corrected chi connectivity index (χ1v) is 46.4. The zero-order chi connectivity index (χ0) is 84.1. The minimum Gasteiger partial charge on any atom is -0.399 e. The maximum absolute atomic E-state index is 6.24. The van der Waals surface area contributed by atoms with Gasteiger partial charge in [0, 0.05) is 76.6 Å². The van der Waals surface area contributed by atoms with Gasteiger partial charge in [-0.2, -0.15) is 0 Å². The summed E-state index contributed by atoms with van der Waals surface area (Å²) in [6, 6.07) is 127. The quantitative estimate of drug-likeness (QED) is 0.0244. The SMILES string of the molecule is Brc1ccc(/C=C/c2ccc(Br)cc2)cc1.CCCCCCC1(CCCCCC)c2ccccc2-c2ccc(N(c3ccc(C=Cc4ccc(N(c5ccccc5)c5ccccc5)cc4)cc3)c3ccc(C=Cc4ccc(N(c5ccccc5)c5ccccc5)cc4)cc3)cc21.CCCCCCC1(CCCCCC)c2ccccc2-c2ccc(N)cc21. The van der Waals surface area contributed by atoms with Gasteiger partial charge in [0.15, 0.2) is 0 Å². The Morgan fingerprint density at radius 3 is 0.746 bits per heavy atom. The maximum Gasteiger partial charge on any atom is 0.0465 e. The van der Waals surface area contributed by atoms with Crippen molar-refractivity contribution in [2.24, 2.45) is 0 Å². The molecule has 0 heterocycles. The predicted octanol–water partition coefficient (Wildman–Crippen LogP) is 35.5. The van der Waals surface area contributed by atoms with Gasteiger partial charge in [-0.3, -0.25) is 0 Å². The van der Waals surface area contributed by atoms with Crippen LogP contribution in [0.4, 0.5) is 56.9 Å². The van der Waals surface area contributed by atoms with E-state index in [0.717, 1.165) is 82.4 Å². The highest BCUT2D eigenvalue weighted by Crippen LogP contribution is 2.57. The molecule has 0 unspecified atom stereocenters. The van der Waals surface area contributed by atoms with Gasteiger partial charge in [-0.05, 0) is 249 Å². The van der Waals surface area contributed by atoms with Crippen molar-refractivity contribution in [3.63, 3.8) is 0 Å². The van der Waals surface area contributed by atoms with E-state index in [2.05, 4.69) is 438 Å². The Balaban J connectivity index is 0.000000234. The van der Waals surface area contributed by atoms with Crippen LogP contribution in [-0.2, 0) is 10.8 Å². The van der Waals surface area contributed by atoms with Gasteiger partial charge >= 0.3 is 0 Å². The lowest BCUT2D eigenvalue weighted by Crippen LogP contribution is -2.26. The van der Waals surface area contributed by atoms with E-state index in [9.17, 15) is 0 Å². The molecule has 0 saturated carbocycles. The number of hydrogen-bond donors (Lipinski definition) is 1. The minimum atomic E-state index is -0.0163. The lowest BCUT2D eigenvalue weighted by atomic mass is 9.70. The molecule has 2 N–H and O–H groups in total. The van der Waals surface area contributed by atoms with Gasteiger partial charge in [0.05, 0.1) is 0 Å². The summed E-state index contributed by atoms with van der Waals surface area (Å²) in [6.45, 7) is 9.23. The van der Waals surface area contributed by atoms with Crippen LogP contribution in [0.25, 0.3) is 58.7 Å². The molecule has 0 atom stereocenters. The topological polar surface area (TPSA) is 35.7 Å². The van der Waals surface area contributed by atoms with Crippen LogP contribution in [0.3, 0.4) is 0 Å². The lowest BCUT2D eigenvalue weighted by molar-refractivity contribution is 0.401. The number of fused-ring (bicyclic) bond motifs is 6. The lowest BCUT2D eigenvalue weighted by Gasteiger charge is -2.34. The van der Waals surface area contributed by atoms with Gasteiger partial charge in [0.25, 0.3) is 0 Å². The van der Waals surface area contributed by atoms with E-state index < -0.39 is 0 Å². The number of nitrogens with zero attached hydrogens (tertiary/aromatic N) is 3. The van der Waals surface area contributed by atoms with E-state index >= 15 is 0 Å². The molecule has 16 rings (SSSR count). The molecule has 14 aromatic carbocycles. The Bertz CT molecular complexity index is 5320. The van der Waals surface area contributed by atoms with Crippen LogP contribution in [0.2, 0.25) is 0 Å². The second kappa shape index (κ2) is 43.8. The van der Waals surface area contributed by atoms with Crippen molar-refractivity contribution in [2.45, 2.75) is 167 Å². The van der Waals surface area contributed by atoms with Crippen molar-refractivity contribution < 1.29 is 0 Å². The summed E-state index contributed by atoms with van der Waals surface area (Å²) in [5.41, 5.74) is 36.2. The van der Waals surface area contributed by atoms with Gasteiger partial charge in [-0.15, -0.1) is 0 Å². The van der Waals surface area contributed by atoms with Crippen molar-refractivity contribution in [3.8, 4) is 22.3 Å². The number of hydrogen-bond acceptors (Lipinski definition) is 4. The Morgan fingerprint density at radius 1 is 0.221 bits per heavy atom. The molecule has 14 aromatic rings. The molecule has 0 amide bonds. The van der Waals surface area contributed by atoms with Gasteiger partial charge in [0.1, 0.15) is 0 Å². The zero-order valence-electron chi connectivity index (χ0n) is 71.8. The summed E-state index contributed by atoms with van der Waals surface area (Å²) in [5, 5.41) is 0. The Labute approximate surface area is 745 Å². The minimum absolute atomic E-state index is 0.0163. The van der Waals surface area contributed by atoms with Gasteiger partial charge < -0.3 is 20.4 Å². The molecule has 122 heavy (non-hydrogen) atoms. The molecule has 2 aliphatic rings. The first-order chi connectivity index (χ1) is 60.0. The van der Waals surface area contributed by atoms with E-state index in [-0.39, 0.29) is 10.8 Å². The normalized spacial score (nSPS) is 12.6. The number of nitrogens with two attached hydrogens (primary N) is 1. The first kappa shape index (κ1) is 86.8. The third-order valence-corrected chi connectivity index (χ3v) is 25.5. The molecule has 0 saturated heterocycles. The molecule has 2 aliphatic carbocycles. The third kappa shape index (κ3) is 21.8. The number of halogens is 2. The molecular weight excluding hydrogens is 1610 g/mol. The number of rotatable bonds is 35. The van der Waals surface area contributed by atoms with Crippen LogP contribution >= 0.6 is 31.9 Å². The Morgan fingerprint density at radius 2 is 0.451 bits per heavy atom. The summed E-state index contributed by atoms with van der Waals surface area (Å²) in [4.78, 5) is 7.07. The zero-order valence-corrected chi connectivity index (χ0v) is 74.9. The summed E-state index contributed by atoms with van der Waals surface area (Å²) in [6.07, 6.45) is 38.6. The highest BCUT2D eigenvalue weighted by atomic mass is 79.9. The van der Waals surface area contributed by atoms with E-state index in [1.165, 1.54) is 184 Å². The van der Waals surface area contributed by atoms with E-state index in [4.69, 9.17) is 5.73 Å². The molecule has 616 valence electrons. The largest absolute Gasteiger partial charge is 0.399 e. The molecule has 6 heteroatoms. The van der Waals surface area contributed by atoms with Crippen molar-refractivity contribution in [2.75, 3.05) is 20.4 Å². The second-order valence-electron chi connectivity index (χ2n) is 32.9. The first-order valence-electron chi connectivity index (χ1n) is 44.9. The van der Waals surface area contributed by atoms with E-state index in [1.54, 1.807) is 5.56 Å². The highest BCUT2D eigenvalue weighted by Gasteiger charge is 2.44. The Hall–Kier alpha value is -11.5. The van der Waals surface area contributed by atoms with Gasteiger partial charge in [-0.25, -0.2) is 0 Å². The van der Waals surface area contributed by atoms with Crippen LogP contribution in [0.5, 0.6) is 0 Å². The summed E-state index contributed by atoms with van der Waals surface area (Å²) >= 11 is 6.84. The molecular formula is C116H118Br2N4. The van der Waals surface area contributed by atoms with E-state index in [0.29, 0.717) is 0 Å². The fraction of sp³-hybridized carbons (Fsp3) is 0.224. The fourth-order valence-corrected chi connectivity index (χ4v) is 18.6. The van der Waals surface area contributed by atoms with Crippen LogP contribution in [-0.4, -0.2) is 0 Å². The summed E-state index contributed by atoms with van der Waals surface area (Å²) in [5.74, 6) is 0. The molecule has 0 radical (unpaired) electrons. The van der Waals surface area contributed by atoms with Crippen molar-refractivity contribution in [1.29, 1.82) is 0 Å². The summed E-state index contributed by atoms with van der Waals surface area (Å²) < 4.78 is 2.21. The standard InChI is InChI=1S/C77H73N3.C25H35N.C14H10Br2/c1-3-5-7-23-57-77(58-24-8-6-4-2)75-34-22-21-33-73(75)74-56-55-72(59-76(74)77)80(70-51-43-62(44-52-70)37-35-60-39-47-68(48-40-60)78(64-25-13-9-14-26-64)65-27-15-10-16-28-65)71-53-45-63(46-54-71)38-36-61-41-49-69(50-42-61)79(66-29-17-11-18-30-66)67-31-19-12-20-32-67;1-3-5-7-11-17-25(18-12-8-6-4-2)23-14-10-9-13-21(23)22-16-15-20(26)19-24(22)25;15-13-7-3-11(4-8-13)1-2-12-5-9-14(16)10-6-12/h9-22,25-56,59H,3-8,23-24,57-58H2,1-2H3;9-10,13-16,19H,3-8,11-12,17-18,26H2,1-2H3;1-10H/b;;2-1+. The van der Waals surface area contributed by atoms with Crippen molar-refractivity contribution >= 4 is 125 Å². The van der Waals surface area contributed by atoms with Crippen LogP contribution in [0.1, 0.15) is 212 Å². The van der Waals surface area contributed by atoms with Gasteiger partial charge in [-0.1, -0.05) is 405 Å². The van der Waals surface area contributed by atoms with Crippen LogP contribution in [0, 0.1) is 0 Å². The van der Waals surface area contributed by atoms with Gasteiger partial charge in [0.2, 0.25) is 0 Å². The molecule has 0 aromatic heterocycles. The molecule has 0 spiro atoms. The molecule has 4 nitrogen and oxygen atoms in total. The van der Waals surface area contributed by atoms with Crippen LogP contribution < -0.4 is 20.4 Å². The number of benzene rings is 14. The smallest absolute Gasteiger partial charge is 0.0465 e. The predicted molar refractivity (Wildman–Crippen MR) is 537 cm³/mol. The number of anilines is 10. The number of unbranched alkanes of at least 4 members (excludes halogenated alkanes) is 12. The highest BCUT2D eigenvalue weighted by molar-refractivity contribution is 9.10. The molecule has 0 bridgehead atoms. The average Bonchev–Trinajstić information content (AvgIpc) is 1.60. The number of nitrogen functional groups attached to an aromatic ring is 1. The maximum atomic E-state index is 6.24. The monoisotopic (exact) mass is 1720 g/mol.